The van der Waals surface area contributed by atoms with Gasteiger partial charge in [-0.2, -0.15) is 0 Å². The summed E-state index contributed by atoms with van der Waals surface area (Å²) >= 11 is 11.8. The molecule has 1 aliphatic carbocycles. The van der Waals surface area contributed by atoms with Gasteiger partial charge in [-0.1, -0.05) is 28.3 Å². The number of hydrogen-bond donors (Lipinski definition) is 2. The quantitative estimate of drug-likeness (QED) is 0.510. The molecule has 2 aromatic rings. The normalized spacial score (nSPS) is 21.0. The Morgan fingerprint density at radius 2 is 2.00 bits per heavy atom. The standard InChI is InChI=1S/C20H24Cl2N4O5/c21-15-5-4-14(9-16(15)22)30-11-18(27)24-12-1-6-17(23-10-12)19-25-26-20(31-19)29-8-7-28-13-2-3-13/h4-5,9,12-13,17,23H,1-3,6-8,10-11H2,(H,24,27)/t12-,17?/m0/s1. The van der Waals surface area contributed by atoms with Gasteiger partial charge in [-0.15, -0.1) is 5.10 Å². The first kappa shape index (κ1) is 22.1. The lowest BCUT2D eigenvalue weighted by Gasteiger charge is -2.28. The van der Waals surface area contributed by atoms with Gasteiger partial charge in [-0.25, -0.2) is 0 Å². The first-order chi connectivity index (χ1) is 15.1. The number of carbonyl (C=O) groups is 1. The van der Waals surface area contributed by atoms with Gasteiger partial charge in [0.05, 0.1) is 28.8 Å². The molecule has 1 unspecified atom stereocenters. The summed E-state index contributed by atoms with van der Waals surface area (Å²) in [7, 11) is 0. The van der Waals surface area contributed by atoms with E-state index in [0.717, 1.165) is 25.7 Å². The predicted molar refractivity (Wildman–Crippen MR) is 113 cm³/mol. The highest BCUT2D eigenvalue weighted by Gasteiger charge is 2.27. The molecule has 2 atom stereocenters. The van der Waals surface area contributed by atoms with Crippen LogP contribution < -0.4 is 20.1 Å². The van der Waals surface area contributed by atoms with Crippen LogP contribution in [-0.2, 0) is 9.53 Å². The number of ether oxygens (including phenoxy) is 3. The maximum atomic E-state index is 12.2. The summed E-state index contributed by atoms with van der Waals surface area (Å²) in [6, 6.07) is 4.77. The van der Waals surface area contributed by atoms with Gasteiger partial charge in [0, 0.05) is 18.7 Å². The molecule has 1 aromatic heterocycles. The Morgan fingerprint density at radius 1 is 1.13 bits per heavy atom. The van der Waals surface area contributed by atoms with Crippen LogP contribution in [0.3, 0.4) is 0 Å². The van der Waals surface area contributed by atoms with Gasteiger partial charge in [0.25, 0.3) is 5.91 Å². The van der Waals surface area contributed by atoms with Crippen molar-refractivity contribution in [2.75, 3.05) is 26.4 Å². The molecule has 1 amide bonds. The van der Waals surface area contributed by atoms with Gasteiger partial charge in [0.15, 0.2) is 6.61 Å². The van der Waals surface area contributed by atoms with Crippen molar-refractivity contribution in [1.82, 2.24) is 20.8 Å². The fraction of sp³-hybridized carbons (Fsp3) is 0.550. The van der Waals surface area contributed by atoms with Crippen LogP contribution in [0.4, 0.5) is 0 Å². The monoisotopic (exact) mass is 470 g/mol. The summed E-state index contributed by atoms with van der Waals surface area (Å²) in [6.45, 7) is 1.37. The fourth-order valence-corrected chi connectivity index (χ4v) is 3.46. The third kappa shape index (κ3) is 6.70. The van der Waals surface area contributed by atoms with Crippen molar-refractivity contribution in [3.8, 4) is 11.8 Å². The van der Waals surface area contributed by atoms with Gasteiger partial charge in [-0.05, 0) is 37.8 Å². The van der Waals surface area contributed by atoms with Crippen LogP contribution >= 0.6 is 23.2 Å². The molecule has 2 aliphatic rings. The first-order valence-electron chi connectivity index (χ1n) is 10.2. The number of benzene rings is 1. The Bertz CT molecular complexity index is 884. The van der Waals surface area contributed by atoms with Crippen LogP contribution in [0, 0.1) is 0 Å². The van der Waals surface area contributed by atoms with Gasteiger partial charge in [0.2, 0.25) is 5.89 Å². The molecule has 9 nitrogen and oxygen atoms in total. The summed E-state index contributed by atoms with van der Waals surface area (Å²) in [5, 5.41) is 15.1. The van der Waals surface area contributed by atoms with Crippen molar-refractivity contribution in [2.24, 2.45) is 0 Å². The molecule has 1 saturated heterocycles. The van der Waals surface area contributed by atoms with Crippen LogP contribution in [0.25, 0.3) is 0 Å². The lowest BCUT2D eigenvalue weighted by Crippen LogP contribution is -2.48. The lowest BCUT2D eigenvalue weighted by molar-refractivity contribution is -0.124. The van der Waals surface area contributed by atoms with Crippen LogP contribution in [0.2, 0.25) is 10.0 Å². The molecule has 0 radical (unpaired) electrons. The van der Waals surface area contributed by atoms with Crippen molar-refractivity contribution in [2.45, 2.75) is 43.9 Å². The predicted octanol–water partition coefficient (Wildman–Crippen LogP) is 2.92. The maximum Gasteiger partial charge on any atom is 0.414 e. The molecule has 11 heteroatoms. The number of amides is 1. The second-order valence-electron chi connectivity index (χ2n) is 7.49. The highest BCUT2D eigenvalue weighted by Crippen LogP contribution is 2.27. The molecule has 0 bridgehead atoms. The molecular weight excluding hydrogens is 447 g/mol. The zero-order valence-electron chi connectivity index (χ0n) is 16.8. The average Bonchev–Trinajstić information content (AvgIpc) is 3.48. The number of piperidine rings is 1. The van der Waals surface area contributed by atoms with Crippen LogP contribution in [-0.4, -0.2) is 54.6 Å². The Morgan fingerprint density at radius 3 is 2.74 bits per heavy atom. The number of halogens is 2. The number of aromatic nitrogens is 2. The van der Waals surface area contributed by atoms with E-state index in [1.54, 1.807) is 18.2 Å². The Labute approximate surface area is 189 Å². The van der Waals surface area contributed by atoms with E-state index in [1.807, 2.05) is 0 Å². The van der Waals surface area contributed by atoms with E-state index in [1.165, 1.54) is 0 Å². The van der Waals surface area contributed by atoms with Gasteiger partial charge < -0.3 is 29.3 Å². The van der Waals surface area contributed by atoms with Crippen molar-refractivity contribution in [1.29, 1.82) is 0 Å². The molecule has 1 aliphatic heterocycles. The highest BCUT2D eigenvalue weighted by molar-refractivity contribution is 6.42. The van der Waals surface area contributed by atoms with E-state index in [-0.39, 0.29) is 30.7 Å². The summed E-state index contributed by atoms with van der Waals surface area (Å²) in [5.41, 5.74) is 0. The minimum atomic E-state index is -0.210. The van der Waals surface area contributed by atoms with Gasteiger partial charge in [-0.3, -0.25) is 4.79 Å². The largest absolute Gasteiger partial charge is 0.484 e. The number of carbonyl (C=O) groups excluding carboxylic acids is 1. The number of nitrogens with one attached hydrogen (secondary N) is 2. The van der Waals surface area contributed by atoms with Crippen molar-refractivity contribution in [3.05, 3.63) is 34.1 Å². The molecule has 1 saturated carbocycles. The molecule has 2 N–H and O–H groups in total. The molecule has 0 spiro atoms. The van der Waals surface area contributed by atoms with Crippen LogP contribution in [0.1, 0.15) is 37.6 Å². The second kappa shape index (κ2) is 10.5. The van der Waals surface area contributed by atoms with E-state index < -0.39 is 0 Å². The zero-order valence-corrected chi connectivity index (χ0v) is 18.3. The number of rotatable bonds is 10. The van der Waals surface area contributed by atoms with E-state index in [2.05, 4.69) is 20.8 Å². The van der Waals surface area contributed by atoms with E-state index >= 15 is 0 Å². The van der Waals surface area contributed by atoms with Gasteiger partial charge in [0.1, 0.15) is 12.4 Å². The first-order valence-corrected chi connectivity index (χ1v) is 11.0. The minimum Gasteiger partial charge on any atom is -0.484 e. The third-order valence-corrected chi connectivity index (χ3v) is 5.69. The van der Waals surface area contributed by atoms with E-state index in [4.69, 9.17) is 41.8 Å². The Hall–Kier alpha value is -2.07. The SMILES string of the molecule is O=C(COc1ccc(Cl)c(Cl)c1)N[C@H]1CCC(c2nnc(OCCOC3CC3)o2)NC1. The molecule has 1 aromatic carbocycles. The molecule has 31 heavy (non-hydrogen) atoms. The molecule has 4 rings (SSSR count). The topological polar surface area (TPSA) is 108 Å². The fourth-order valence-electron chi connectivity index (χ4n) is 3.17. The second-order valence-corrected chi connectivity index (χ2v) is 8.31. The van der Waals surface area contributed by atoms with Crippen molar-refractivity contribution < 1.29 is 23.4 Å². The molecule has 2 heterocycles. The van der Waals surface area contributed by atoms with Crippen molar-refractivity contribution >= 4 is 29.1 Å². The molecular formula is C20H24Cl2N4O5. The van der Waals surface area contributed by atoms with E-state index in [9.17, 15) is 4.79 Å². The van der Waals surface area contributed by atoms with E-state index in [0.29, 0.717) is 47.5 Å². The Kier molecular flexibility index (Phi) is 7.49. The summed E-state index contributed by atoms with van der Waals surface area (Å²) in [4.78, 5) is 12.2. The molecule has 2 fully saturated rings. The van der Waals surface area contributed by atoms with Crippen LogP contribution in [0.15, 0.2) is 22.6 Å². The third-order valence-electron chi connectivity index (χ3n) is 4.95. The summed E-state index contributed by atoms with van der Waals surface area (Å²) in [6.07, 6.45) is 4.30. The van der Waals surface area contributed by atoms with Crippen LogP contribution in [0.5, 0.6) is 11.8 Å². The maximum absolute atomic E-state index is 12.2. The highest BCUT2D eigenvalue weighted by atomic mass is 35.5. The van der Waals surface area contributed by atoms with Crippen molar-refractivity contribution in [3.63, 3.8) is 0 Å². The number of nitrogens with zero attached hydrogens (tertiary/aromatic N) is 2. The Balaban J connectivity index is 1.14. The number of hydrogen-bond acceptors (Lipinski definition) is 8. The zero-order chi connectivity index (χ0) is 21.6. The summed E-state index contributed by atoms with van der Waals surface area (Å²) < 4.78 is 22.0. The lowest BCUT2D eigenvalue weighted by atomic mass is 10.0. The minimum absolute atomic E-state index is 0.0145. The summed E-state index contributed by atoms with van der Waals surface area (Å²) in [5.74, 6) is 0.754. The van der Waals surface area contributed by atoms with Gasteiger partial charge >= 0.3 is 6.08 Å². The smallest absolute Gasteiger partial charge is 0.414 e. The average molecular weight is 471 g/mol. The molecule has 168 valence electrons.